The first kappa shape index (κ1) is 9.74. The molecule has 0 bridgehead atoms. The van der Waals surface area contributed by atoms with Crippen LogP contribution in [0.5, 0.6) is 5.88 Å². The standard InChI is InChI=1S/C10H10ClNOS/c1-2-5-13-10-8-6-7(11)3-4-9(8)14-12-10/h3-4,6H,2,5H2,1H3. The van der Waals surface area contributed by atoms with Crippen LogP contribution in [0, 0.1) is 0 Å². The minimum Gasteiger partial charge on any atom is -0.477 e. The lowest BCUT2D eigenvalue weighted by atomic mass is 10.3. The monoisotopic (exact) mass is 227 g/mol. The van der Waals surface area contributed by atoms with E-state index in [1.54, 1.807) is 0 Å². The lowest BCUT2D eigenvalue weighted by Crippen LogP contribution is -1.94. The normalized spacial score (nSPS) is 10.7. The van der Waals surface area contributed by atoms with Gasteiger partial charge in [0.25, 0.3) is 0 Å². The molecular formula is C10H10ClNOS. The molecule has 14 heavy (non-hydrogen) atoms. The van der Waals surface area contributed by atoms with E-state index in [1.165, 1.54) is 11.5 Å². The van der Waals surface area contributed by atoms with Gasteiger partial charge in [-0.05, 0) is 36.2 Å². The van der Waals surface area contributed by atoms with Crippen LogP contribution in [0.3, 0.4) is 0 Å². The molecule has 2 aromatic rings. The highest BCUT2D eigenvalue weighted by molar-refractivity contribution is 7.13. The van der Waals surface area contributed by atoms with Crippen molar-refractivity contribution in [1.29, 1.82) is 0 Å². The molecule has 0 atom stereocenters. The van der Waals surface area contributed by atoms with E-state index in [1.807, 2.05) is 18.2 Å². The summed E-state index contributed by atoms with van der Waals surface area (Å²) in [6.07, 6.45) is 0.986. The van der Waals surface area contributed by atoms with Gasteiger partial charge in [-0.25, -0.2) is 0 Å². The Balaban J connectivity index is 2.40. The number of nitrogens with zero attached hydrogens (tertiary/aromatic N) is 1. The average Bonchev–Trinajstić information content (AvgIpc) is 2.57. The number of halogens is 1. The summed E-state index contributed by atoms with van der Waals surface area (Å²) in [5.41, 5.74) is 0. The second kappa shape index (κ2) is 4.15. The van der Waals surface area contributed by atoms with Crippen molar-refractivity contribution in [2.24, 2.45) is 0 Å². The molecule has 74 valence electrons. The van der Waals surface area contributed by atoms with E-state index in [-0.39, 0.29) is 0 Å². The molecule has 0 aliphatic carbocycles. The van der Waals surface area contributed by atoms with Crippen molar-refractivity contribution in [1.82, 2.24) is 4.37 Å². The first-order valence-electron chi connectivity index (χ1n) is 4.49. The van der Waals surface area contributed by atoms with Crippen molar-refractivity contribution < 1.29 is 4.74 Å². The third kappa shape index (κ3) is 1.83. The predicted octanol–water partition coefficient (Wildman–Crippen LogP) is 3.74. The Morgan fingerprint density at radius 2 is 2.36 bits per heavy atom. The molecule has 1 aromatic carbocycles. The van der Waals surface area contributed by atoms with Gasteiger partial charge in [-0.2, -0.15) is 4.37 Å². The number of ether oxygens (including phenoxy) is 1. The maximum Gasteiger partial charge on any atom is 0.233 e. The van der Waals surface area contributed by atoms with Crippen LogP contribution in [0.1, 0.15) is 13.3 Å². The molecule has 0 N–H and O–H groups in total. The summed E-state index contributed by atoms with van der Waals surface area (Å²) < 4.78 is 10.9. The second-order valence-corrected chi connectivity index (χ2v) is 4.22. The number of rotatable bonds is 3. The molecular weight excluding hydrogens is 218 g/mol. The molecule has 0 aliphatic rings. The van der Waals surface area contributed by atoms with E-state index < -0.39 is 0 Å². The van der Waals surface area contributed by atoms with Crippen LogP contribution in [-0.4, -0.2) is 11.0 Å². The Morgan fingerprint density at radius 1 is 1.50 bits per heavy atom. The first-order chi connectivity index (χ1) is 6.81. The molecule has 0 saturated carbocycles. The maximum absolute atomic E-state index is 5.90. The molecule has 4 heteroatoms. The molecule has 0 unspecified atom stereocenters. The van der Waals surface area contributed by atoms with Crippen LogP contribution in [0.15, 0.2) is 18.2 Å². The van der Waals surface area contributed by atoms with E-state index in [0.717, 1.165) is 21.5 Å². The Hall–Kier alpha value is -0.800. The SMILES string of the molecule is CCCOc1nsc2ccc(Cl)cc12. The highest BCUT2D eigenvalue weighted by Crippen LogP contribution is 2.30. The number of aromatic nitrogens is 1. The maximum atomic E-state index is 5.90. The Kier molecular flexibility index (Phi) is 2.89. The molecule has 1 heterocycles. The zero-order valence-corrected chi connectivity index (χ0v) is 9.36. The lowest BCUT2D eigenvalue weighted by Gasteiger charge is -2.00. The second-order valence-electron chi connectivity index (χ2n) is 2.98. The van der Waals surface area contributed by atoms with Gasteiger partial charge in [0.15, 0.2) is 0 Å². The van der Waals surface area contributed by atoms with Crippen LogP contribution >= 0.6 is 23.1 Å². The van der Waals surface area contributed by atoms with Crippen LogP contribution in [0.4, 0.5) is 0 Å². The third-order valence-corrected chi connectivity index (χ3v) is 2.89. The van der Waals surface area contributed by atoms with Crippen molar-refractivity contribution in [3.63, 3.8) is 0 Å². The third-order valence-electron chi connectivity index (χ3n) is 1.84. The van der Waals surface area contributed by atoms with Gasteiger partial charge in [0, 0.05) is 5.02 Å². The summed E-state index contributed by atoms with van der Waals surface area (Å²) in [5.74, 6) is 0.703. The van der Waals surface area contributed by atoms with Gasteiger partial charge in [-0.15, -0.1) is 0 Å². The molecule has 0 saturated heterocycles. The molecule has 1 aromatic heterocycles. The van der Waals surface area contributed by atoms with Crippen molar-refractivity contribution in [2.45, 2.75) is 13.3 Å². The van der Waals surface area contributed by atoms with Gasteiger partial charge in [-0.3, -0.25) is 0 Å². The smallest absolute Gasteiger partial charge is 0.233 e. The molecule has 0 radical (unpaired) electrons. The van der Waals surface area contributed by atoms with Crippen LogP contribution < -0.4 is 4.74 Å². The minimum atomic E-state index is 0.700. The van der Waals surface area contributed by atoms with Gasteiger partial charge in [0.2, 0.25) is 5.88 Å². The predicted molar refractivity (Wildman–Crippen MR) is 60.4 cm³/mol. The summed E-state index contributed by atoms with van der Waals surface area (Å²) in [5, 5.41) is 1.73. The van der Waals surface area contributed by atoms with Gasteiger partial charge in [-0.1, -0.05) is 18.5 Å². The van der Waals surface area contributed by atoms with E-state index in [9.17, 15) is 0 Å². The molecule has 0 spiro atoms. The lowest BCUT2D eigenvalue weighted by molar-refractivity contribution is 0.312. The number of benzene rings is 1. The molecule has 0 fully saturated rings. The van der Waals surface area contributed by atoms with Crippen molar-refractivity contribution >= 4 is 33.2 Å². The first-order valence-corrected chi connectivity index (χ1v) is 5.64. The summed E-state index contributed by atoms with van der Waals surface area (Å²) in [4.78, 5) is 0. The largest absolute Gasteiger partial charge is 0.477 e. The Labute approximate surface area is 91.6 Å². The zero-order valence-electron chi connectivity index (χ0n) is 7.79. The van der Waals surface area contributed by atoms with E-state index >= 15 is 0 Å². The summed E-state index contributed by atoms with van der Waals surface area (Å²) >= 11 is 7.34. The highest BCUT2D eigenvalue weighted by Gasteiger charge is 2.06. The van der Waals surface area contributed by atoms with Gasteiger partial charge in [0.1, 0.15) is 0 Å². The zero-order chi connectivity index (χ0) is 9.97. The Bertz CT molecular complexity index is 441. The average molecular weight is 228 g/mol. The topological polar surface area (TPSA) is 22.1 Å². The van der Waals surface area contributed by atoms with Gasteiger partial charge < -0.3 is 4.74 Å². The number of fused-ring (bicyclic) bond motifs is 1. The molecule has 2 nitrogen and oxygen atoms in total. The fraction of sp³-hybridized carbons (Fsp3) is 0.300. The number of hydrogen-bond donors (Lipinski definition) is 0. The van der Waals surface area contributed by atoms with Crippen molar-refractivity contribution in [3.05, 3.63) is 23.2 Å². The van der Waals surface area contributed by atoms with Crippen LogP contribution in [0.2, 0.25) is 5.02 Å². The van der Waals surface area contributed by atoms with E-state index in [4.69, 9.17) is 16.3 Å². The summed E-state index contributed by atoms with van der Waals surface area (Å²) in [6.45, 7) is 2.77. The Morgan fingerprint density at radius 3 is 3.14 bits per heavy atom. The molecule has 0 aliphatic heterocycles. The van der Waals surface area contributed by atoms with Crippen LogP contribution in [-0.2, 0) is 0 Å². The molecule has 0 amide bonds. The molecule has 2 rings (SSSR count). The summed E-state index contributed by atoms with van der Waals surface area (Å²) in [7, 11) is 0. The quantitative estimate of drug-likeness (QED) is 0.797. The summed E-state index contributed by atoms with van der Waals surface area (Å²) in [6, 6.07) is 5.73. The highest BCUT2D eigenvalue weighted by atomic mass is 35.5. The fourth-order valence-electron chi connectivity index (χ4n) is 1.19. The van der Waals surface area contributed by atoms with E-state index in [0.29, 0.717) is 12.5 Å². The number of hydrogen-bond acceptors (Lipinski definition) is 3. The van der Waals surface area contributed by atoms with Crippen LogP contribution in [0.25, 0.3) is 10.1 Å². The van der Waals surface area contributed by atoms with Crippen molar-refractivity contribution in [3.8, 4) is 5.88 Å². The van der Waals surface area contributed by atoms with Crippen molar-refractivity contribution in [2.75, 3.05) is 6.61 Å². The minimum absolute atomic E-state index is 0.700. The van der Waals surface area contributed by atoms with E-state index in [2.05, 4.69) is 11.3 Å². The fourth-order valence-corrected chi connectivity index (χ4v) is 2.07. The van der Waals surface area contributed by atoms with Gasteiger partial charge in [0.05, 0.1) is 16.7 Å². The van der Waals surface area contributed by atoms with Gasteiger partial charge >= 0.3 is 0 Å².